The second-order valence-corrected chi connectivity index (χ2v) is 6.86. The highest BCUT2D eigenvalue weighted by Crippen LogP contribution is 2.31. The maximum absolute atomic E-state index is 13.1. The third-order valence-electron chi connectivity index (χ3n) is 4.06. The zero-order chi connectivity index (χ0) is 18.3. The number of rotatable bonds is 5. The van der Waals surface area contributed by atoms with Crippen LogP contribution in [0.3, 0.4) is 0 Å². The minimum absolute atomic E-state index is 0.00521. The fraction of sp³-hybridized carbons (Fsp3) is 0.222. The van der Waals surface area contributed by atoms with Crippen LogP contribution in [0.4, 0.5) is 4.39 Å². The fourth-order valence-electron chi connectivity index (χ4n) is 2.63. The lowest BCUT2D eigenvalue weighted by molar-refractivity contribution is -0.122. The largest absolute Gasteiger partial charge is 0.486 e. The van der Waals surface area contributed by atoms with Gasteiger partial charge in [-0.3, -0.25) is 9.69 Å². The maximum atomic E-state index is 13.1. The average Bonchev–Trinajstić information content (AvgIpc) is 3.27. The van der Waals surface area contributed by atoms with Crippen molar-refractivity contribution in [2.45, 2.75) is 25.5 Å². The summed E-state index contributed by atoms with van der Waals surface area (Å²) in [4.78, 5) is 14.0. The Morgan fingerprint density at radius 3 is 2.92 bits per heavy atom. The molecular weight excluding hydrogens is 379 g/mol. The number of thiocarbonyl (C=S) groups is 1. The van der Waals surface area contributed by atoms with Crippen LogP contribution in [0.5, 0.6) is 5.75 Å². The van der Waals surface area contributed by atoms with Gasteiger partial charge in [-0.1, -0.05) is 11.6 Å². The van der Waals surface area contributed by atoms with Crippen LogP contribution in [0.2, 0.25) is 5.02 Å². The number of ether oxygens (including phenoxy) is 1. The second-order valence-electron chi connectivity index (χ2n) is 6.06. The smallest absolute Gasteiger partial charge is 0.276 e. The SMILES string of the molecule is O=C1/C(=C\c2ccc(COc3ccc(F)c(Cl)c3)o2)NC(=S)N1C1CC1. The molecule has 5 nitrogen and oxygen atoms in total. The number of benzene rings is 1. The molecule has 2 heterocycles. The van der Waals surface area contributed by atoms with E-state index in [1.165, 1.54) is 18.2 Å². The van der Waals surface area contributed by atoms with Crippen LogP contribution in [-0.2, 0) is 11.4 Å². The Balaban J connectivity index is 1.42. The summed E-state index contributed by atoms with van der Waals surface area (Å²) < 4.78 is 24.3. The van der Waals surface area contributed by atoms with Crippen molar-refractivity contribution >= 4 is 40.9 Å². The fourth-order valence-corrected chi connectivity index (χ4v) is 3.14. The standard InChI is InChI=1S/C18H14ClFN2O3S/c19-14-7-11(5-6-15(14)20)24-9-13-4-3-12(25-13)8-16-17(23)22(10-1-2-10)18(26)21-16/h3-8,10H,1-2,9H2,(H,21,26)/b16-8+. The second kappa shape index (κ2) is 6.74. The number of hydrogen-bond donors (Lipinski definition) is 1. The van der Waals surface area contributed by atoms with Crippen LogP contribution in [0, 0.1) is 5.82 Å². The molecule has 1 amide bonds. The number of nitrogens with one attached hydrogen (secondary N) is 1. The van der Waals surface area contributed by atoms with Crippen molar-refractivity contribution in [3.05, 3.63) is 58.4 Å². The minimum Gasteiger partial charge on any atom is -0.486 e. The molecule has 2 fully saturated rings. The maximum Gasteiger partial charge on any atom is 0.276 e. The summed E-state index contributed by atoms with van der Waals surface area (Å²) >= 11 is 10.9. The van der Waals surface area contributed by atoms with E-state index in [1.54, 1.807) is 23.1 Å². The van der Waals surface area contributed by atoms with E-state index in [2.05, 4.69) is 5.32 Å². The summed E-state index contributed by atoms with van der Waals surface area (Å²) in [5.41, 5.74) is 0.397. The van der Waals surface area contributed by atoms with Crippen molar-refractivity contribution in [2.75, 3.05) is 0 Å². The van der Waals surface area contributed by atoms with E-state index < -0.39 is 5.82 Å². The van der Waals surface area contributed by atoms with Gasteiger partial charge in [0.2, 0.25) is 0 Å². The van der Waals surface area contributed by atoms with Crippen molar-refractivity contribution in [1.82, 2.24) is 10.2 Å². The quantitative estimate of drug-likeness (QED) is 0.618. The van der Waals surface area contributed by atoms with Crippen LogP contribution in [0.25, 0.3) is 6.08 Å². The molecule has 1 aliphatic carbocycles. The van der Waals surface area contributed by atoms with Gasteiger partial charge in [0.1, 0.15) is 35.4 Å². The normalized spacial score (nSPS) is 18.5. The highest BCUT2D eigenvalue weighted by Gasteiger charge is 2.41. The molecule has 0 unspecified atom stereocenters. The van der Waals surface area contributed by atoms with Gasteiger partial charge in [-0.05, 0) is 49.3 Å². The Morgan fingerprint density at radius 1 is 1.38 bits per heavy atom. The molecule has 0 atom stereocenters. The first-order valence-electron chi connectivity index (χ1n) is 8.04. The van der Waals surface area contributed by atoms with Gasteiger partial charge in [0.25, 0.3) is 5.91 Å². The Hall–Kier alpha value is -2.38. The summed E-state index contributed by atoms with van der Waals surface area (Å²) in [6, 6.07) is 7.83. The zero-order valence-corrected chi connectivity index (χ0v) is 15.1. The molecule has 1 aliphatic heterocycles. The van der Waals surface area contributed by atoms with Gasteiger partial charge in [0, 0.05) is 18.2 Å². The first-order valence-corrected chi connectivity index (χ1v) is 8.83. The van der Waals surface area contributed by atoms with Gasteiger partial charge < -0.3 is 14.5 Å². The van der Waals surface area contributed by atoms with Crippen LogP contribution in [0.15, 0.2) is 40.4 Å². The van der Waals surface area contributed by atoms with Crippen LogP contribution in [0.1, 0.15) is 24.4 Å². The van der Waals surface area contributed by atoms with Crippen LogP contribution in [-0.4, -0.2) is 22.0 Å². The molecule has 0 spiro atoms. The van der Waals surface area contributed by atoms with Crippen molar-refractivity contribution in [3.8, 4) is 5.75 Å². The number of halogens is 2. The lowest BCUT2D eigenvalue weighted by Crippen LogP contribution is -2.32. The Morgan fingerprint density at radius 2 is 2.19 bits per heavy atom. The predicted octanol–water partition coefficient (Wildman–Crippen LogP) is 3.87. The summed E-state index contributed by atoms with van der Waals surface area (Å²) in [5, 5.41) is 3.36. The van der Waals surface area contributed by atoms with E-state index >= 15 is 0 Å². The molecule has 1 saturated carbocycles. The number of amides is 1. The molecule has 1 aromatic heterocycles. The van der Waals surface area contributed by atoms with Gasteiger partial charge in [-0.2, -0.15) is 0 Å². The lowest BCUT2D eigenvalue weighted by atomic mass is 10.3. The van der Waals surface area contributed by atoms with Crippen molar-refractivity contribution in [2.24, 2.45) is 0 Å². The van der Waals surface area contributed by atoms with Crippen molar-refractivity contribution < 1.29 is 18.3 Å². The summed E-state index contributed by atoms with van der Waals surface area (Å²) in [7, 11) is 0. The molecule has 2 aromatic rings. The third kappa shape index (κ3) is 3.45. The zero-order valence-electron chi connectivity index (χ0n) is 13.5. The van der Waals surface area contributed by atoms with E-state index in [1.807, 2.05) is 0 Å². The van der Waals surface area contributed by atoms with E-state index in [9.17, 15) is 9.18 Å². The number of hydrogen-bond acceptors (Lipinski definition) is 4. The van der Waals surface area contributed by atoms with Gasteiger partial charge in [-0.15, -0.1) is 0 Å². The Bertz CT molecular complexity index is 923. The van der Waals surface area contributed by atoms with E-state index in [-0.39, 0.29) is 23.6 Å². The molecule has 1 aromatic carbocycles. The Kier molecular flexibility index (Phi) is 4.42. The highest BCUT2D eigenvalue weighted by atomic mass is 35.5. The molecule has 0 bridgehead atoms. The van der Waals surface area contributed by atoms with Crippen LogP contribution >= 0.6 is 23.8 Å². The number of carbonyl (C=O) groups excluding carboxylic acids is 1. The lowest BCUT2D eigenvalue weighted by Gasteiger charge is -2.11. The molecule has 26 heavy (non-hydrogen) atoms. The first kappa shape index (κ1) is 17.1. The number of furan rings is 1. The molecule has 8 heteroatoms. The van der Waals surface area contributed by atoms with Gasteiger partial charge >= 0.3 is 0 Å². The van der Waals surface area contributed by atoms with Gasteiger partial charge in [0.05, 0.1) is 5.02 Å². The summed E-state index contributed by atoms with van der Waals surface area (Å²) in [6.07, 6.45) is 3.59. The molecule has 1 N–H and O–H groups in total. The van der Waals surface area contributed by atoms with Crippen molar-refractivity contribution in [1.29, 1.82) is 0 Å². The van der Waals surface area contributed by atoms with Crippen LogP contribution < -0.4 is 10.1 Å². The number of carbonyl (C=O) groups is 1. The van der Waals surface area contributed by atoms with E-state index in [0.717, 1.165) is 12.8 Å². The summed E-state index contributed by atoms with van der Waals surface area (Å²) in [6.45, 7) is 0.152. The molecular formula is C18H14ClFN2O3S. The highest BCUT2D eigenvalue weighted by molar-refractivity contribution is 7.80. The first-order chi connectivity index (χ1) is 12.5. The molecule has 2 aliphatic rings. The molecule has 4 rings (SSSR count). The summed E-state index contributed by atoms with van der Waals surface area (Å²) in [5.74, 6) is 0.873. The average molecular weight is 393 g/mol. The predicted molar refractivity (Wildman–Crippen MR) is 98.0 cm³/mol. The van der Waals surface area contributed by atoms with E-state index in [4.69, 9.17) is 33.0 Å². The van der Waals surface area contributed by atoms with E-state index in [0.29, 0.717) is 28.1 Å². The van der Waals surface area contributed by atoms with Crippen molar-refractivity contribution in [3.63, 3.8) is 0 Å². The monoisotopic (exact) mass is 392 g/mol. The van der Waals surface area contributed by atoms with Gasteiger partial charge in [0.15, 0.2) is 5.11 Å². The molecule has 0 radical (unpaired) electrons. The molecule has 1 saturated heterocycles. The minimum atomic E-state index is -0.502. The van der Waals surface area contributed by atoms with Gasteiger partial charge in [-0.25, -0.2) is 4.39 Å². The number of nitrogens with zero attached hydrogens (tertiary/aromatic N) is 1. The topological polar surface area (TPSA) is 54.7 Å². The Labute approximate surface area is 159 Å². The third-order valence-corrected chi connectivity index (χ3v) is 4.65. The molecule has 134 valence electrons.